The van der Waals surface area contributed by atoms with E-state index in [1.807, 2.05) is 0 Å². The van der Waals surface area contributed by atoms with Crippen molar-refractivity contribution in [3.8, 4) is 0 Å². The Hall–Kier alpha value is -2.50. The second-order valence-corrected chi connectivity index (χ2v) is 5.72. The van der Waals surface area contributed by atoms with Crippen molar-refractivity contribution in [1.29, 1.82) is 0 Å². The van der Waals surface area contributed by atoms with Crippen LogP contribution in [0, 0.1) is 0 Å². The quantitative estimate of drug-likeness (QED) is 0.933. The molecule has 1 aromatic heterocycles. The van der Waals surface area contributed by atoms with Gasteiger partial charge >= 0.3 is 5.97 Å². The van der Waals surface area contributed by atoms with E-state index in [1.165, 1.54) is 4.90 Å². The van der Waals surface area contributed by atoms with Crippen molar-refractivity contribution in [3.63, 3.8) is 0 Å². The van der Waals surface area contributed by atoms with Crippen LogP contribution in [0.15, 0.2) is 30.6 Å². The van der Waals surface area contributed by atoms with Crippen molar-refractivity contribution in [2.75, 3.05) is 6.54 Å². The van der Waals surface area contributed by atoms with E-state index in [1.54, 1.807) is 51.4 Å². The monoisotopic (exact) mass is 287 g/mol. The lowest BCUT2D eigenvalue weighted by Crippen LogP contribution is -2.48. The molecule has 0 aliphatic carbocycles. The molecule has 110 valence electrons. The van der Waals surface area contributed by atoms with Crippen LogP contribution in [-0.4, -0.2) is 43.9 Å². The van der Waals surface area contributed by atoms with E-state index in [-0.39, 0.29) is 12.5 Å². The number of hydrogen-bond acceptors (Lipinski definition) is 4. The van der Waals surface area contributed by atoms with Crippen molar-refractivity contribution in [2.24, 2.45) is 0 Å². The molecule has 0 fully saturated rings. The summed E-state index contributed by atoms with van der Waals surface area (Å²) in [6.45, 7) is 5.05. The van der Waals surface area contributed by atoms with Crippen molar-refractivity contribution in [2.45, 2.75) is 26.3 Å². The maximum atomic E-state index is 12.6. The van der Waals surface area contributed by atoms with Crippen molar-refractivity contribution in [1.82, 2.24) is 14.9 Å². The molecule has 1 aromatic carbocycles. The van der Waals surface area contributed by atoms with Crippen LogP contribution < -0.4 is 0 Å². The third-order valence-electron chi connectivity index (χ3n) is 3.06. The number of carbonyl (C=O) groups excluding carboxylic acids is 1. The first-order valence-corrected chi connectivity index (χ1v) is 6.53. The summed E-state index contributed by atoms with van der Waals surface area (Å²) < 4.78 is 0. The summed E-state index contributed by atoms with van der Waals surface area (Å²) in [6, 6.07) is 4.97. The number of aliphatic carboxylic acids is 1. The van der Waals surface area contributed by atoms with Gasteiger partial charge in [-0.25, -0.2) is 0 Å². The molecule has 0 aliphatic rings. The highest BCUT2D eigenvalue weighted by molar-refractivity contribution is 5.98. The predicted molar refractivity (Wildman–Crippen MR) is 78.0 cm³/mol. The van der Waals surface area contributed by atoms with Gasteiger partial charge in [0.05, 0.1) is 11.0 Å². The molecular weight excluding hydrogens is 270 g/mol. The SMILES string of the molecule is CC(C)(C)N(CC(=O)O)C(=O)c1ccc2nccnc2c1. The largest absolute Gasteiger partial charge is 0.480 e. The predicted octanol–water partition coefficient (Wildman–Crippen LogP) is 1.96. The minimum absolute atomic E-state index is 0.336. The highest BCUT2D eigenvalue weighted by Crippen LogP contribution is 2.19. The summed E-state index contributed by atoms with van der Waals surface area (Å²) >= 11 is 0. The summed E-state index contributed by atoms with van der Waals surface area (Å²) in [5.41, 5.74) is 1.11. The molecule has 1 heterocycles. The van der Waals surface area contributed by atoms with E-state index in [9.17, 15) is 9.59 Å². The zero-order chi connectivity index (χ0) is 15.6. The van der Waals surface area contributed by atoms with Crippen LogP contribution in [0.3, 0.4) is 0 Å². The number of fused-ring (bicyclic) bond motifs is 1. The van der Waals surface area contributed by atoms with E-state index in [4.69, 9.17) is 5.11 Å². The molecule has 6 heteroatoms. The lowest BCUT2D eigenvalue weighted by molar-refractivity contribution is -0.138. The van der Waals surface area contributed by atoms with E-state index in [0.717, 1.165) is 0 Å². The third-order valence-corrected chi connectivity index (χ3v) is 3.06. The molecule has 2 rings (SSSR count). The zero-order valence-corrected chi connectivity index (χ0v) is 12.2. The van der Waals surface area contributed by atoms with Gasteiger partial charge in [-0.2, -0.15) is 0 Å². The Balaban J connectivity index is 2.40. The van der Waals surface area contributed by atoms with E-state index < -0.39 is 11.5 Å². The standard InChI is InChI=1S/C15H17N3O3/c1-15(2,3)18(9-13(19)20)14(21)10-4-5-11-12(8-10)17-7-6-16-11/h4-8H,9H2,1-3H3,(H,19,20). The molecule has 0 saturated carbocycles. The number of aromatic nitrogens is 2. The Labute approximate surface area is 122 Å². The first kappa shape index (κ1) is 14.9. The van der Waals surface area contributed by atoms with Crippen LogP contribution in [0.2, 0.25) is 0 Å². The lowest BCUT2D eigenvalue weighted by Gasteiger charge is -2.34. The van der Waals surface area contributed by atoms with Gasteiger partial charge in [0, 0.05) is 23.5 Å². The second kappa shape index (κ2) is 5.47. The summed E-state index contributed by atoms with van der Waals surface area (Å²) in [4.78, 5) is 33.2. The first-order valence-electron chi connectivity index (χ1n) is 6.53. The first-order chi connectivity index (χ1) is 9.79. The lowest BCUT2D eigenvalue weighted by atomic mass is 10.0. The maximum absolute atomic E-state index is 12.6. The van der Waals surface area contributed by atoms with Crippen LogP contribution in [-0.2, 0) is 4.79 Å². The van der Waals surface area contributed by atoms with Crippen molar-refractivity contribution in [3.05, 3.63) is 36.2 Å². The number of carbonyl (C=O) groups is 2. The molecule has 0 aliphatic heterocycles. The van der Waals surface area contributed by atoms with E-state index >= 15 is 0 Å². The molecule has 1 N–H and O–H groups in total. The average molecular weight is 287 g/mol. The van der Waals surface area contributed by atoms with Gasteiger partial charge in [-0.15, -0.1) is 0 Å². The summed E-state index contributed by atoms with van der Waals surface area (Å²) in [5, 5.41) is 9.00. The minimum atomic E-state index is -1.04. The molecule has 0 atom stereocenters. The van der Waals surface area contributed by atoms with Gasteiger partial charge in [0.1, 0.15) is 6.54 Å². The number of nitrogens with zero attached hydrogens (tertiary/aromatic N) is 3. The fraction of sp³-hybridized carbons (Fsp3) is 0.333. The van der Waals surface area contributed by atoms with Crippen LogP contribution in [0.25, 0.3) is 11.0 Å². The normalized spacial score (nSPS) is 11.4. The molecule has 21 heavy (non-hydrogen) atoms. The van der Waals surface area contributed by atoms with Gasteiger partial charge in [-0.3, -0.25) is 19.6 Å². The van der Waals surface area contributed by atoms with Gasteiger partial charge < -0.3 is 10.0 Å². The molecule has 0 radical (unpaired) electrons. The van der Waals surface area contributed by atoms with Crippen molar-refractivity contribution >= 4 is 22.9 Å². The number of amides is 1. The molecule has 6 nitrogen and oxygen atoms in total. The van der Waals surface area contributed by atoms with Gasteiger partial charge in [-0.05, 0) is 39.0 Å². The fourth-order valence-corrected chi connectivity index (χ4v) is 2.00. The third kappa shape index (κ3) is 3.34. The highest BCUT2D eigenvalue weighted by Gasteiger charge is 2.29. The van der Waals surface area contributed by atoms with Crippen LogP contribution in [0.4, 0.5) is 0 Å². The smallest absolute Gasteiger partial charge is 0.323 e. The van der Waals surface area contributed by atoms with Crippen LogP contribution >= 0.6 is 0 Å². The number of hydrogen-bond donors (Lipinski definition) is 1. The van der Waals surface area contributed by atoms with Gasteiger partial charge in [0.15, 0.2) is 0 Å². The van der Waals surface area contributed by atoms with Crippen LogP contribution in [0.5, 0.6) is 0 Å². The molecule has 2 aromatic rings. The molecule has 0 spiro atoms. The number of carboxylic acids is 1. The second-order valence-electron chi connectivity index (χ2n) is 5.72. The maximum Gasteiger partial charge on any atom is 0.323 e. The Morgan fingerprint density at radius 2 is 1.76 bits per heavy atom. The Morgan fingerprint density at radius 3 is 2.33 bits per heavy atom. The van der Waals surface area contributed by atoms with Crippen molar-refractivity contribution < 1.29 is 14.7 Å². The average Bonchev–Trinajstić information content (AvgIpc) is 2.42. The Bertz CT molecular complexity index is 692. The number of rotatable bonds is 3. The molecule has 1 amide bonds. The molecule has 0 unspecified atom stereocenters. The minimum Gasteiger partial charge on any atom is -0.480 e. The van der Waals surface area contributed by atoms with Gasteiger partial charge in [0.2, 0.25) is 0 Å². The summed E-state index contributed by atoms with van der Waals surface area (Å²) in [6.07, 6.45) is 3.13. The van der Waals surface area contributed by atoms with E-state index in [0.29, 0.717) is 16.6 Å². The number of carboxylic acid groups (broad SMARTS) is 1. The van der Waals surface area contributed by atoms with Gasteiger partial charge in [-0.1, -0.05) is 0 Å². The summed E-state index contributed by atoms with van der Waals surface area (Å²) in [5.74, 6) is -1.38. The van der Waals surface area contributed by atoms with E-state index in [2.05, 4.69) is 9.97 Å². The summed E-state index contributed by atoms with van der Waals surface area (Å²) in [7, 11) is 0. The molecular formula is C15H17N3O3. The van der Waals surface area contributed by atoms with Gasteiger partial charge in [0.25, 0.3) is 5.91 Å². The number of benzene rings is 1. The highest BCUT2D eigenvalue weighted by atomic mass is 16.4. The fourth-order valence-electron chi connectivity index (χ4n) is 2.00. The molecule has 0 saturated heterocycles. The Kier molecular flexibility index (Phi) is 3.88. The topological polar surface area (TPSA) is 83.4 Å². The zero-order valence-electron chi connectivity index (χ0n) is 12.2. The van der Waals surface area contributed by atoms with Crippen LogP contribution in [0.1, 0.15) is 31.1 Å². The Morgan fingerprint density at radius 1 is 1.14 bits per heavy atom. The molecule has 0 bridgehead atoms.